The Morgan fingerprint density at radius 2 is 1.79 bits per heavy atom. The molecule has 0 aliphatic carbocycles. The van der Waals surface area contributed by atoms with Gasteiger partial charge in [0.05, 0.1) is 12.1 Å². The van der Waals surface area contributed by atoms with Crippen LogP contribution >= 0.6 is 11.6 Å². The van der Waals surface area contributed by atoms with Crippen LogP contribution in [0.5, 0.6) is 5.75 Å². The first-order valence-corrected chi connectivity index (χ1v) is 9.36. The predicted octanol–water partition coefficient (Wildman–Crippen LogP) is 4.12. The third-order valence-electron chi connectivity index (χ3n) is 4.18. The first kappa shape index (κ1) is 20.5. The lowest BCUT2D eigenvalue weighted by atomic mass is 10.1. The highest BCUT2D eigenvalue weighted by atomic mass is 35.5. The summed E-state index contributed by atoms with van der Waals surface area (Å²) in [5.74, 6) is 0.135. The quantitative estimate of drug-likeness (QED) is 0.562. The zero-order chi connectivity index (χ0) is 20.6. The third kappa shape index (κ3) is 5.62. The van der Waals surface area contributed by atoms with E-state index >= 15 is 0 Å². The molecule has 0 bridgehead atoms. The maximum absolute atomic E-state index is 12.1. The molecule has 3 aromatic rings. The van der Waals surface area contributed by atoms with Gasteiger partial charge in [-0.25, -0.2) is 4.79 Å². The minimum Gasteiger partial charge on any atom is -0.497 e. The summed E-state index contributed by atoms with van der Waals surface area (Å²) in [6.07, 6.45) is 0.656. The van der Waals surface area contributed by atoms with Crippen LogP contribution in [0.25, 0.3) is 11.3 Å². The zero-order valence-electron chi connectivity index (χ0n) is 15.8. The summed E-state index contributed by atoms with van der Waals surface area (Å²) in [6.45, 7) is 0.0453. The second-order valence-electron chi connectivity index (χ2n) is 6.17. The Kier molecular flexibility index (Phi) is 6.92. The molecule has 7 heteroatoms. The number of hydrogen-bond acceptors (Lipinski definition) is 5. The molecule has 0 aliphatic heterocycles. The Balaban J connectivity index is 1.44. The average molecular weight is 414 g/mol. The summed E-state index contributed by atoms with van der Waals surface area (Å²) in [4.78, 5) is 24.0. The van der Waals surface area contributed by atoms with E-state index in [4.69, 9.17) is 25.5 Å². The molecule has 0 saturated heterocycles. The Bertz CT molecular complexity index is 981. The average Bonchev–Trinajstić information content (AvgIpc) is 3.23. The highest BCUT2D eigenvalue weighted by Gasteiger charge is 2.16. The van der Waals surface area contributed by atoms with Gasteiger partial charge in [0.1, 0.15) is 11.5 Å². The van der Waals surface area contributed by atoms with Crippen LogP contribution in [-0.2, 0) is 16.0 Å². The molecule has 0 aliphatic rings. The number of hydrogen-bond donors (Lipinski definition) is 1. The van der Waals surface area contributed by atoms with Gasteiger partial charge in [0, 0.05) is 12.1 Å². The Morgan fingerprint density at radius 3 is 2.52 bits per heavy atom. The van der Waals surface area contributed by atoms with Crippen LogP contribution in [0, 0.1) is 0 Å². The first-order valence-electron chi connectivity index (χ1n) is 8.98. The number of carbonyl (C=O) groups is 2. The third-order valence-corrected chi connectivity index (χ3v) is 4.51. The minimum absolute atomic E-state index is 0.00551. The predicted molar refractivity (Wildman–Crippen MR) is 109 cm³/mol. The lowest BCUT2D eigenvalue weighted by Crippen LogP contribution is -2.30. The van der Waals surface area contributed by atoms with Crippen LogP contribution in [0.4, 0.5) is 0 Å². The van der Waals surface area contributed by atoms with Crippen LogP contribution in [0.2, 0.25) is 5.02 Å². The normalized spacial score (nSPS) is 10.4. The van der Waals surface area contributed by atoms with E-state index in [-0.39, 0.29) is 18.3 Å². The molecular formula is C22H20ClNO5. The summed E-state index contributed by atoms with van der Waals surface area (Å²) in [7, 11) is 1.61. The molecule has 0 spiro atoms. The number of amides is 1. The largest absolute Gasteiger partial charge is 0.497 e. The van der Waals surface area contributed by atoms with Gasteiger partial charge in [-0.2, -0.15) is 0 Å². The zero-order valence-corrected chi connectivity index (χ0v) is 16.6. The van der Waals surface area contributed by atoms with Gasteiger partial charge in [0.25, 0.3) is 5.91 Å². The van der Waals surface area contributed by atoms with Gasteiger partial charge >= 0.3 is 5.97 Å². The number of nitrogens with one attached hydrogen (secondary N) is 1. The van der Waals surface area contributed by atoms with Crippen molar-refractivity contribution in [2.45, 2.75) is 6.42 Å². The molecule has 150 valence electrons. The number of methoxy groups -OCH3 is 1. The number of carbonyl (C=O) groups excluding carboxylic acids is 2. The van der Waals surface area contributed by atoms with Crippen molar-refractivity contribution in [1.29, 1.82) is 0 Å². The molecule has 29 heavy (non-hydrogen) atoms. The van der Waals surface area contributed by atoms with Gasteiger partial charge in [0.2, 0.25) is 5.76 Å². The fraction of sp³-hybridized carbons (Fsp3) is 0.182. The summed E-state index contributed by atoms with van der Waals surface area (Å²) in [5.41, 5.74) is 1.73. The van der Waals surface area contributed by atoms with E-state index in [2.05, 4.69) is 5.32 Å². The van der Waals surface area contributed by atoms with Crippen molar-refractivity contribution in [3.05, 3.63) is 77.0 Å². The van der Waals surface area contributed by atoms with Crippen molar-refractivity contribution >= 4 is 23.5 Å². The van der Waals surface area contributed by atoms with Crippen molar-refractivity contribution in [3.8, 4) is 17.1 Å². The van der Waals surface area contributed by atoms with Crippen LogP contribution in [-0.4, -0.2) is 32.1 Å². The van der Waals surface area contributed by atoms with Crippen molar-refractivity contribution in [2.24, 2.45) is 0 Å². The van der Waals surface area contributed by atoms with Crippen molar-refractivity contribution in [3.63, 3.8) is 0 Å². The van der Waals surface area contributed by atoms with Crippen LogP contribution in [0.15, 0.2) is 65.1 Å². The van der Waals surface area contributed by atoms with E-state index in [0.717, 1.165) is 11.3 Å². The lowest BCUT2D eigenvalue weighted by Gasteiger charge is -2.07. The van der Waals surface area contributed by atoms with Crippen molar-refractivity contribution < 1.29 is 23.5 Å². The van der Waals surface area contributed by atoms with E-state index in [0.29, 0.717) is 29.3 Å². The van der Waals surface area contributed by atoms with Gasteiger partial charge in [-0.15, -0.1) is 0 Å². The minimum atomic E-state index is -0.714. The van der Waals surface area contributed by atoms with Crippen LogP contribution < -0.4 is 10.1 Å². The Hall–Kier alpha value is -3.25. The first-order chi connectivity index (χ1) is 14.1. The highest BCUT2D eigenvalue weighted by Crippen LogP contribution is 2.29. The number of esters is 1. The van der Waals surface area contributed by atoms with Gasteiger partial charge in [-0.3, -0.25) is 4.79 Å². The van der Waals surface area contributed by atoms with E-state index < -0.39 is 5.97 Å². The lowest BCUT2D eigenvalue weighted by molar-refractivity contribution is -0.124. The standard InChI is InChI=1S/C22H20ClNO5/c1-27-16-8-6-15(7-9-16)12-13-24-21(25)14-28-22(26)20-11-10-19(29-20)17-4-2-3-5-18(17)23/h2-11H,12-14H2,1H3,(H,24,25). The molecule has 0 unspecified atom stereocenters. The van der Waals surface area contributed by atoms with E-state index in [9.17, 15) is 9.59 Å². The molecule has 0 fully saturated rings. The van der Waals surface area contributed by atoms with E-state index in [1.165, 1.54) is 6.07 Å². The fourth-order valence-electron chi connectivity index (χ4n) is 2.65. The second kappa shape index (κ2) is 9.80. The topological polar surface area (TPSA) is 77.8 Å². The summed E-state index contributed by atoms with van der Waals surface area (Å²) < 4.78 is 15.6. The molecule has 1 heterocycles. The number of halogens is 1. The van der Waals surface area contributed by atoms with Crippen molar-refractivity contribution in [2.75, 3.05) is 20.3 Å². The molecule has 1 N–H and O–H groups in total. The number of rotatable bonds is 8. The van der Waals surface area contributed by atoms with E-state index in [1.54, 1.807) is 31.4 Å². The summed E-state index contributed by atoms with van der Waals surface area (Å²) in [5, 5.41) is 3.22. The number of benzene rings is 2. The smallest absolute Gasteiger partial charge is 0.374 e. The van der Waals surface area contributed by atoms with Gasteiger partial charge in [0.15, 0.2) is 6.61 Å². The SMILES string of the molecule is COc1ccc(CCNC(=O)COC(=O)c2ccc(-c3ccccc3Cl)o2)cc1. The maximum atomic E-state index is 12.1. The molecule has 0 radical (unpaired) electrons. The Labute approximate surface area is 173 Å². The van der Waals surface area contributed by atoms with Crippen LogP contribution in [0.1, 0.15) is 16.1 Å². The summed E-state index contributed by atoms with van der Waals surface area (Å²) in [6, 6.07) is 17.8. The molecule has 0 saturated carbocycles. The second-order valence-corrected chi connectivity index (χ2v) is 6.58. The molecule has 1 aromatic heterocycles. The van der Waals surface area contributed by atoms with Crippen LogP contribution in [0.3, 0.4) is 0 Å². The van der Waals surface area contributed by atoms with Gasteiger partial charge in [-0.05, 0) is 48.4 Å². The van der Waals surface area contributed by atoms with E-state index in [1.807, 2.05) is 30.3 Å². The summed E-state index contributed by atoms with van der Waals surface area (Å²) >= 11 is 6.12. The number of ether oxygens (including phenoxy) is 2. The molecule has 0 atom stereocenters. The molecule has 3 rings (SSSR count). The molecule has 6 nitrogen and oxygen atoms in total. The Morgan fingerprint density at radius 1 is 1.03 bits per heavy atom. The number of furan rings is 1. The highest BCUT2D eigenvalue weighted by molar-refractivity contribution is 6.33. The fourth-order valence-corrected chi connectivity index (χ4v) is 2.87. The van der Waals surface area contributed by atoms with Crippen molar-refractivity contribution in [1.82, 2.24) is 5.32 Å². The van der Waals surface area contributed by atoms with Gasteiger partial charge in [-0.1, -0.05) is 35.9 Å². The van der Waals surface area contributed by atoms with Gasteiger partial charge < -0.3 is 19.2 Å². The molecular weight excluding hydrogens is 394 g/mol. The molecule has 2 aromatic carbocycles. The monoisotopic (exact) mass is 413 g/mol. The molecule has 1 amide bonds. The maximum Gasteiger partial charge on any atom is 0.374 e.